The second-order valence-corrected chi connectivity index (χ2v) is 21.8. The van der Waals surface area contributed by atoms with Crippen molar-refractivity contribution >= 4 is 35.1 Å². The number of aliphatic hydroxyl groups excluding tert-OH is 1. The summed E-state index contributed by atoms with van der Waals surface area (Å²) in [5.74, 6) is -1.97. The zero-order valence-corrected chi connectivity index (χ0v) is 52.6. The molecule has 0 heterocycles. The van der Waals surface area contributed by atoms with Crippen molar-refractivity contribution in [3.8, 4) is 0 Å². The van der Waals surface area contributed by atoms with E-state index in [4.69, 9.17) is 33.9 Å². The highest BCUT2D eigenvalue weighted by Crippen LogP contribution is 2.30. The van der Waals surface area contributed by atoms with E-state index in [2.05, 4.69) is 79.7 Å². The maximum atomic E-state index is 12.7. The van der Waals surface area contributed by atoms with Crippen molar-refractivity contribution in [1.82, 2.24) is 0 Å². The van der Waals surface area contributed by atoms with E-state index in [1.54, 1.807) is 13.8 Å². The lowest BCUT2D eigenvalue weighted by molar-refractivity contribution is -0.142. The van der Waals surface area contributed by atoms with Gasteiger partial charge in [-0.2, -0.15) is 0 Å². The molecule has 456 valence electrons. The largest absolute Gasteiger partial charge is 0.489 e. The van der Waals surface area contributed by atoms with Crippen molar-refractivity contribution in [2.24, 2.45) is 0 Å². The van der Waals surface area contributed by atoms with Gasteiger partial charge < -0.3 is 33.9 Å². The van der Waals surface area contributed by atoms with Crippen LogP contribution in [-0.4, -0.2) is 86.9 Å². The van der Waals surface area contributed by atoms with Crippen LogP contribution in [0.15, 0.2) is 115 Å². The molecular weight excluding hydrogens is 1020 g/mol. The zero-order chi connectivity index (χ0) is 61.1. The van der Waals surface area contributed by atoms with Gasteiger partial charge in [0.1, 0.15) is 6.61 Å². The predicted octanol–water partition coefficient (Wildman–Crippen LogP) is 16.4. The number of carboxylic acids is 1. The Bertz CT molecular complexity index is 2310. The van der Waals surface area contributed by atoms with Gasteiger partial charge in [0, 0.05) is 35.1 Å². The highest BCUT2D eigenvalue weighted by molar-refractivity contribution is 6.24. The van der Waals surface area contributed by atoms with E-state index in [1.807, 2.05) is 12.2 Å². The third-order valence-corrected chi connectivity index (χ3v) is 14.2. The molecule has 81 heavy (non-hydrogen) atoms. The van der Waals surface area contributed by atoms with Crippen LogP contribution in [0.25, 0.3) is 0 Å². The average Bonchev–Trinajstić information content (AvgIpc) is 3.56. The Morgan fingerprint density at radius 2 is 0.704 bits per heavy atom. The summed E-state index contributed by atoms with van der Waals surface area (Å²) in [5.41, 5.74) is 10.1. The van der Waals surface area contributed by atoms with Crippen LogP contribution in [0.2, 0.25) is 0 Å². The number of hydrogen-bond donors (Lipinski definition) is 2. The number of carboxylic acid groups (broad SMARTS) is 1. The van der Waals surface area contributed by atoms with E-state index < -0.39 is 5.97 Å². The number of ether oxygens (including phenoxy) is 5. The van der Waals surface area contributed by atoms with Gasteiger partial charge in [-0.1, -0.05) is 128 Å². The van der Waals surface area contributed by atoms with Crippen LogP contribution in [0, 0.1) is 0 Å². The highest BCUT2D eigenvalue weighted by atomic mass is 16.5. The quantitative estimate of drug-likeness (QED) is 0.0256. The van der Waals surface area contributed by atoms with Crippen molar-refractivity contribution in [2.45, 2.75) is 236 Å². The van der Waals surface area contributed by atoms with Gasteiger partial charge in [0.15, 0.2) is 0 Å². The lowest BCUT2D eigenvalue weighted by atomic mass is 9.89. The summed E-state index contributed by atoms with van der Waals surface area (Å²) in [6.45, 7) is 21.0. The molecule has 2 aliphatic rings. The van der Waals surface area contributed by atoms with Crippen LogP contribution in [0.1, 0.15) is 236 Å². The number of aliphatic hydroxyl groups is 1. The summed E-state index contributed by atoms with van der Waals surface area (Å²) >= 11 is 0. The standard InChI is InChI=1S/C34H52O6.C19H28O6.C15H26O/c1-25(2)17-15-18-26(3)19-16-20-27(4)23-24-40-30(35)22-14-12-10-8-9-11-13-21-29-28(5)31(36)33(38-6)34(39-7)32(29)37;1-13-14(17(23)19(25-3)18(24-2)16(13)22)11-9-7-5-4-6-8-10-12-15(20)21;1-13(2)7-5-8-14(3)9-6-10-15(4)11-12-16/h17,19,23H,8-16,18,20-22,24H2,1-7H3;4-12H2,1-3H3,(H,20,21);7,9,11,16H,5-6,8,10,12H2,1-4H3/b26-19+,27-23+;;14-9+,15-11+. The van der Waals surface area contributed by atoms with Crippen molar-refractivity contribution < 1.29 is 62.7 Å². The summed E-state index contributed by atoms with van der Waals surface area (Å²) in [6, 6.07) is 0. The Balaban J connectivity index is 0.00000132. The molecule has 0 saturated heterocycles. The van der Waals surface area contributed by atoms with Gasteiger partial charge in [0.25, 0.3) is 0 Å². The molecule has 13 nitrogen and oxygen atoms in total. The highest BCUT2D eigenvalue weighted by Gasteiger charge is 2.35. The SMILES string of the molecule is CC(C)=CCC/C(C)=C/CC/C(C)=C/CO.COC1=C(OC)C(=O)C(CCCCCCCCCC(=O)O)=C(C)C1=O.COC1=C(OC)C(=O)C(CCCCCCCCCC(=O)OC/C=C(\C)CC/C=C(\C)CCC=C(C)C)=C(C)C1=O. The van der Waals surface area contributed by atoms with Gasteiger partial charge in [0.05, 0.1) is 35.0 Å². The third kappa shape index (κ3) is 33.6. The van der Waals surface area contributed by atoms with Crippen LogP contribution in [-0.2, 0) is 52.5 Å². The third-order valence-electron chi connectivity index (χ3n) is 14.2. The number of rotatable bonds is 39. The first-order valence-electron chi connectivity index (χ1n) is 29.7. The minimum atomic E-state index is -0.739. The second kappa shape index (κ2) is 45.8. The minimum absolute atomic E-state index is 0.00187. The van der Waals surface area contributed by atoms with Crippen LogP contribution in [0.5, 0.6) is 0 Å². The maximum Gasteiger partial charge on any atom is 0.306 e. The van der Waals surface area contributed by atoms with Crippen molar-refractivity contribution in [1.29, 1.82) is 0 Å². The molecule has 0 saturated carbocycles. The van der Waals surface area contributed by atoms with Crippen molar-refractivity contribution in [2.75, 3.05) is 41.7 Å². The van der Waals surface area contributed by atoms with Crippen LogP contribution >= 0.6 is 0 Å². The summed E-state index contributed by atoms with van der Waals surface area (Å²) < 4.78 is 25.7. The topological polar surface area (TPSA) is 189 Å². The van der Waals surface area contributed by atoms with Gasteiger partial charge in [-0.05, 0) is 165 Å². The summed E-state index contributed by atoms with van der Waals surface area (Å²) in [5, 5.41) is 17.3. The Hall–Kier alpha value is -5.82. The molecule has 0 bridgehead atoms. The summed E-state index contributed by atoms with van der Waals surface area (Å²) in [4.78, 5) is 72.2. The van der Waals surface area contributed by atoms with Gasteiger partial charge in [-0.25, -0.2) is 0 Å². The molecule has 2 rings (SSSR count). The number of esters is 1. The lowest BCUT2D eigenvalue weighted by Crippen LogP contribution is -2.25. The number of allylic oxidation sites excluding steroid dienone is 14. The molecule has 0 atom stereocenters. The van der Waals surface area contributed by atoms with Crippen LogP contribution in [0.4, 0.5) is 0 Å². The molecule has 0 aromatic rings. The normalized spacial score (nSPS) is 14.4. The molecule has 2 N–H and O–H groups in total. The Kier molecular flexibility index (Phi) is 42.5. The molecule has 0 aliphatic heterocycles. The molecule has 0 fully saturated rings. The van der Waals surface area contributed by atoms with E-state index in [0.717, 1.165) is 141 Å². The number of Topliss-reactive ketones (excluding diaryl/α,β-unsaturated/α-hetero) is 4. The number of carbonyl (C=O) groups is 6. The number of ketones is 4. The smallest absolute Gasteiger partial charge is 0.306 e. The summed E-state index contributed by atoms with van der Waals surface area (Å²) in [7, 11) is 5.47. The molecule has 0 radical (unpaired) electrons. The molecule has 0 spiro atoms. The first-order chi connectivity index (χ1) is 38.6. The maximum absolute atomic E-state index is 12.7. The van der Waals surface area contributed by atoms with Gasteiger partial charge in [-0.15, -0.1) is 0 Å². The number of methoxy groups -OCH3 is 4. The molecule has 13 heteroatoms. The van der Waals surface area contributed by atoms with E-state index >= 15 is 0 Å². The number of hydrogen-bond acceptors (Lipinski definition) is 12. The fourth-order valence-corrected chi connectivity index (χ4v) is 9.08. The predicted molar refractivity (Wildman–Crippen MR) is 327 cm³/mol. The number of carbonyl (C=O) groups excluding carboxylic acids is 5. The van der Waals surface area contributed by atoms with Crippen LogP contribution < -0.4 is 0 Å². The van der Waals surface area contributed by atoms with E-state index in [0.29, 0.717) is 48.2 Å². The fourth-order valence-electron chi connectivity index (χ4n) is 9.08. The Morgan fingerprint density at radius 3 is 1.05 bits per heavy atom. The average molecular weight is 1130 g/mol. The second-order valence-electron chi connectivity index (χ2n) is 21.8. The first-order valence-corrected chi connectivity index (χ1v) is 29.7. The molecule has 2 aliphatic carbocycles. The number of unbranched alkanes of at least 4 members (excludes halogenated alkanes) is 12. The van der Waals surface area contributed by atoms with Crippen LogP contribution in [0.3, 0.4) is 0 Å². The molecule has 0 amide bonds. The monoisotopic (exact) mass is 1130 g/mol. The van der Waals surface area contributed by atoms with Gasteiger partial charge in [0.2, 0.25) is 46.2 Å². The van der Waals surface area contributed by atoms with E-state index in [1.165, 1.54) is 61.9 Å². The first kappa shape index (κ1) is 75.2. The minimum Gasteiger partial charge on any atom is -0.489 e. The van der Waals surface area contributed by atoms with Crippen molar-refractivity contribution in [3.63, 3.8) is 0 Å². The molecular formula is C68H106O13. The zero-order valence-electron chi connectivity index (χ0n) is 52.6. The van der Waals surface area contributed by atoms with Crippen molar-refractivity contribution in [3.05, 3.63) is 115 Å². The summed E-state index contributed by atoms with van der Waals surface area (Å²) in [6.07, 6.45) is 37.1. The number of aliphatic carboxylic acids is 1. The van der Waals surface area contributed by atoms with E-state index in [-0.39, 0.29) is 65.2 Å². The molecule has 0 aromatic carbocycles. The fraction of sp³-hybridized carbons (Fsp3) is 0.618. The molecule has 0 unspecified atom stereocenters. The van der Waals surface area contributed by atoms with E-state index in [9.17, 15) is 28.8 Å². The van der Waals surface area contributed by atoms with Gasteiger partial charge in [-0.3, -0.25) is 28.8 Å². The molecule has 0 aromatic heterocycles. The Morgan fingerprint density at radius 1 is 0.395 bits per heavy atom. The van der Waals surface area contributed by atoms with Gasteiger partial charge >= 0.3 is 11.9 Å². The Labute approximate surface area is 488 Å². The lowest BCUT2D eigenvalue weighted by Gasteiger charge is -2.20.